The van der Waals surface area contributed by atoms with Crippen molar-refractivity contribution in [2.24, 2.45) is 0 Å². The van der Waals surface area contributed by atoms with Gasteiger partial charge in [-0.05, 0) is 25.1 Å². The largest absolute Gasteiger partial charge is 0.370 e. The topological polar surface area (TPSA) is 68.9 Å². The molecule has 0 bridgehead atoms. The normalized spacial score (nSPS) is 23.2. The fraction of sp³-hybridized carbons (Fsp3) is 0.667. The second kappa shape index (κ2) is 2.87. The van der Waals surface area contributed by atoms with E-state index in [1.165, 1.54) is 4.68 Å². The Hall–Kier alpha value is -0.880. The molecule has 1 aromatic rings. The van der Waals surface area contributed by atoms with Gasteiger partial charge in [-0.15, -0.1) is 0 Å². The number of nitrogen functional groups attached to an aromatic ring is 1. The number of nitrogens with zero attached hydrogens (tertiary/aromatic N) is 2. The smallest absolute Gasteiger partial charge is 0.214 e. The molecule has 0 amide bonds. The number of hydrogen-bond acceptors (Lipinski definition) is 4. The van der Waals surface area contributed by atoms with Crippen LogP contribution in [-0.2, 0) is 4.74 Å². The van der Waals surface area contributed by atoms with Crippen LogP contribution in [0, 0.1) is 4.77 Å². The van der Waals surface area contributed by atoms with Gasteiger partial charge in [0.15, 0.2) is 5.82 Å². The summed E-state index contributed by atoms with van der Waals surface area (Å²) in [6.07, 6.45) is 2.05. The second-order valence-corrected chi connectivity index (χ2v) is 3.15. The zero-order valence-electron chi connectivity index (χ0n) is 6.49. The van der Waals surface area contributed by atoms with E-state index < -0.39 is 0 Å². The lowest BCUT2D eigenvalue weighted by atomic mass is 10.2. The molecule has 1 saturated heterocycles. The highest BCUT2D eigenvalue weighted by atomic mass is 32.1. The molecule has 0 spiro atoms. The molecule has 1 aliphatic heterocycles. The van der Waals surface area contributed by atoms with Crippen molar-refractivity contribution in [2.45, 2.75) is 18.9 Å². The number of H-pyrrole nitrogens is 1. The van der Waals surface area contributed by atoms with Crippen LogP contribution < -0.4 is 5.84 Å². The Labute approximate surface area is 74.5 Å². The molecule has 1 aromatic heterocycles. The predicted molar refractivity (Wildman–Crippen MR) is 45.5 cm³/mol. The zero-order chi connectivity index (χ0) is 8.55. The van der Waals surface area contributed by atoms with Crippen LogP contribution >= 0.6 is 12.2 Å². The van der Waals surface area contributed by atoms with E-state index in [9.17, 15) is 0 Å². The van der Waals surface area contributed by atoms with Crippen molar-refractivity contribution in [1.29, 1.82) is 0 Å². The van der Waals surface area contributed by atoms with Gasteiger partial charge in [-0.3, -0.25) is 5.10 Å². The molecule has 12 heavy (non-hydrogen) atoms. The lowest BCUT2D eigenvalue weighted by molar-refractivity contribution is 0.103. The summed E-state index contributed by atoms with van der Waals surface area (Å²) in [6, 6.07) is 0. The Morgan fingerprint density at radius 1 is 1.75 bits per heavy atom. The van der Waals surface area contributed by atoms with E-state index in [0.717, 1.165) is 19.4 Å². The summed E-state index contributed by atoms with van der Waals surface area (Å²) < 4.78 is 7.20. The molecule has 0 unspecified atom stereocenters. The molecule has 0 radical (unpaired) electrons. The molecule has 1 fully saturated rings. The van der Waals surface area contributed by atoms with E-state index in [1.54, 1.807) is 0 Å². The average molecular weight is 186 g/mol. The van der Waals surface area contributed by atoms with Gasteiger partial charge in [0, 0.05) is 6.61 Å². The second-order valence-electron chi connectivity index (χ2n) is 2.76. The van der Waals surface area contributed by atoms with Crippen molar-refractivity contribution in [1.82, 2.24) is 14.9 Å². The van der Waals surface area contributed by atoms with Crippen molar-refractivity contribution in [3.05, 3.63) is 10.6 Å². The Kier molecular flexibility index (Phi) is 1.86. The zero-order valence-corrected chi connectivity index (χ0v) is 7.30. The molecule has 5 nitrogen and oxygen atoms in total. The first-order valence-corrected chi connectivity index (χ1v) is 4.24. The molecule has 1 aliphatic rings. The van der Waals surface area contributed by atoms with Gasteiger partial charge < -0.3 is 10.6 Å². The van der Waals surface area contributed by atoms with E-state index in [1.807, 2.05) is 0 Å². The third kappa shape index (κ3) is 1.12. The van der Waals surface area contributed by atoms with Crippen LogP contribution in [0.5, 0.6) is 0 Å². The molecule has 1 atom stereocenters. The summed E-state index contributed by atoms with van der Waals surface area (Å²) in [7, 11) is 0. The Morgan fingerprint density at radius 2 is 2.58 bits per heavy atom. The lowest BCUT2D eigenvalue weighted by Crippen LogP contribution is -2.15. The van der Waals surface area contributed by atoms with Crippen LogP contribution in [0.15, 0.2) is 0 Å². The summed E-state index contributed by atoms with van der Waals surface area (Å²) in [5.74, 6) is 6.31. The quantitative estimate of drug-likeness (QED) is 0.495. The minimum absolute atomic E-state index is 0.0166. The van der Waals surface area contributed by atoms with Gasteiger partial charge in [0.2, 0.25) is 4.77 Å². The van der Waals surface area contributed by atoms with Gasteiger partial charge in [0.1, 0.15) is 6.10 Å². The lowest BCUT2D eigenvalue weighted by Gasteiger charge is -2.06. The van der Waals surface area contributed by atoms with E-state index >= 15 is 0 Å². The molecule has 0 aromatic carbocycles. The number of ether oxygens (including phenoxy) is 1. The van der Waals surface area contributed by atoms with Gasteiger partial charge in [-0.25, -0.2) is 4.68 Å². The van der Waals surface area contributed by atoms with Crippen molar-refractivity contribution in [2.75, 3.05) is 12.4 Å². The highest BCUT2D eigenvalue weighted by molar-refractivity contribution is 7.71. The summed E-state index contributed by atoms with van der Waals surface area (Å²) in [5.41, 5.74) is 0. The van der Waals surface area contributed by atoms with Gasteiger partial charge in [0.25, 0.3) is 0 Å². The summed E-state index contributed by atoms with van der Waals surface area (Å²) in [6.45, 7) is 0.782. The van der Waals surface area contributed by atoms with Crippen molar-refractivity contribution in [3.63, 3.8) is 0 Å². The number of nitrogens with two attached hydrogens (primary N) is 1. The third-order valence-corrected chi connectivity index (χ3v) is 2.24. The van der Waals surface area contributed by atoms with Crippen molar-refractivity contribution < 1.29 is 4.74 Å². The Morgan fingerprint density at radius 3 is 3.08 bits per heavy atom. The van der Waals surface area contributed by atoms with Crippen molar-refractivity contribution in [3.8, 4) is 0 Å². The van der Waals surface area contributed by atoms with Crippen LogP contribution in [0.2, 0.25) is 0 Å². The number of aromatic amines is 1. The first-order chi connectivity index (χ1) is 5.79. The first-order valence-electron chi connectivity index (χ1n) is 3.83. The molecule has 3 N–H and O–H groups in total. The molecule has 2 rings (SSSR count). The highest BCUT2D eigenvalue weighted by Gasteiger charge is 2.22. The molecule has 6 heteroatoms. The monoisotopic (exact) mass is 186 g/mol. The van der Waals surface area contributed by atoms with Crippen LogP contribution in [0.1, 0.15) is 24.8 Å². The molecule has 2 heterocycles. The van der Waals surface area contributed by atoms with Gasteiger partial charge in [0.05, 0.1) is 0 Å². The summed E-state index contributed by atoms with van der Waals surface area (Å²) >= 11 is 4.87. The number of nitrogens with one attached hydrogen (secondary N) is 1. The van der Waals surface area contributed by atoms with Crippen LogP contribution in [0.3, 0.4) is 0 Å². The first kappa shape index (κ1) is 7.75. The maximum atomic E-state index is 5.62. The molecule has 66 valence electrons. The van der Waals surface area contributed by atoms with E-state index in [0.29, 0.717) is 10.6 Å². The molecular weight excluding hydrogens is 176 g/mol. The molecule has 0 saturated carbocycles. The average Bonchev–Trinajstić information content (AvgIpc) is 2.64. The number of hydrogen-bond donors (Lipinski definition) is 2. The van der Waals surface area contributed by atoms with Gasteiger partial charge in [-0.2, -0.15) is 5.10 Å². The number of rotatable bonds is 1. The van der Waals surface area contributed by atoms with Gasteiger partial charge in [-0.1, -0.05) is 0 Å². The Balaban J connectivity index is 2.32. The minimum atomic E-state index is 0.0166. The fourth-order valence-corrected chi connectivity index (χ4v) is 1.46. The highest BCUT2D eigenvalue weighted by Crippen LogP contribution is 2.25. The van der Waals surface area contributed by atoms with Crippen LogP contribution in [-0.4, -0.2) is 21.5 Å². The molecule has 0 aliphatic carbocycles. The maximum Gasteiger partial charge on any atom is 0.214 e. The predicted octanol–water partition coefficient (Wildman–Crippen LogP) is 0.506. The Bertz CT molecular complexity index is 325. The van der Waals surface area contributed by atoms with Gasteiger partial charge >= 0.3 is 0 Å². The van der Waals surface area contributed by atoms with Crippen molar-refractivity contribution >= 4 is 12.2 Å². The maximum absolute atomic E-state index is 5.62. The van der Waals surface area contributed by atoms with E-state index in [4.69, 9.17) is 22.8 Å². The summed E-state index contributed by atoms with van der Waals surface area (Å²) in [5, 5.41) is 6.62. The SMILES string of the molecule is Nn1c([C@@H]2CCCO2)n[nH]c1=S. The number of aromatic nitrogens is 3. The van der Waals surface area contributed by atoms with E-state index in [2.05, 4.69) is 10.2 Å². The summed E-state index contributed by atoms with van der Waals surface area (Å²) in [4.78, 5) is 0. The standard InChI is InChI=1S/C6H10N4OS/c7-10-5(8-9-6(10)12)4-2-1-3-11-4/h4H,1-3,7H2,(H,9,12)/t4-/m0/s1. The third-order valence-electron chi connectivity index (χ3n) is 1.95. The fourth-order valence-electron chi connectivity index (χ4n) is 1.33. The van der Waals surface area contributed by atoms with E-state index in [-0.39, 0.29) is 6.10 Å². The van der Waals surface area contributed by atoms with Crippen LogP contribution in [0.25, 0.3) is 0 Å². The minimum Gasteiger partial charge on any atom is -0.370 e. The molecular formula is C6H10N4OS. The van der Waals surface area contributed by atoms with Crippen LogP contribution in [0.4, 0.5) is 0 Å².